The number of hydrogen-bond acceptors (Lipinski definition) is 5. The summed E-state index contributed by atoms with van der Waals surface area (Å²) < 4.78 is 13.8. The largest absolute Gasteiger partial charge is 0.369 e. The van der Waals surface area contributed by atoms with Crippen LogP contribution in [0.15, 0.2) is 42.5 Å². The Hall–Kier alpha value is -3.00. The fourth-order valence-corrected chi connectivity index (χ4v) is 3.06. The van der Waals surface area contributed by atoms with E-state index in [1.165, 1.54) is 18.2 Å². The van der Waals surface area contributed by atoms with E-state index in [0.717, 1.165) is 11.3 Å². The second kappa shape index (κ2) is 8.13. The number of benzene rings is 2. The molecule has 1 N–H and O–H groups in total. The monoisotopic (exact) mass is 372 g/mol. The van der Waals surface area contributed by atoms with E-state index in [9.17, 15) is 19.3 Å². The molecule has 0 aliphatic carbocycles. The predicted molar refractivity (Wildman–Crippen MR) is 102 cm³/mol. The molecule has 0 atom stereocenters. The first-order chi connectivity index (χ1) is 12.9. The fourth-order valence-electron chi connectivity index (χ4n) is 3.06. The molecule has 2 aromatic rings. The number of nitrogens with one attached hydrogen (secondary N) is 1. The molecule has 8 heteroatoms. The van der Waals surface area contributed by atoms with Gasteiger partial charge in [0.1, 0.15) is 5.82 Å². The number of amides is 1. The molecule has 0 saturated carbocycles. The van der Waals surface area contributed by atoms with Gasteiger partial charge in [0.25, 0.3) is 5.69 Å². The summed E-state index contributed by atoms with van der Waals surface area (Å²) in [6.07, 6.45) is 0. The van der Waals surface area contributed by atoms with E-state index in [1.807, 2.05) is 4.90 Å². The molecule has 0 unspecified atom stereocenters. The second-order valence-electron chi connectivity index (χ2n) is 6.57. The van der Waals surface area contributed by atoms with E-state index in [1.54, 1.807) is 31.2 Å². The Balaban J connectivity index is 1.50. The first-order valence-electron chi connectivity index (χ1n) is 8.70. The molecule has 0 spiro atoms. The van der Waals surface area contributed by atoms with Crippen LogP contribution in [0, 0.1) is 22.9 Å². The summed E-state index contributed by atoms with van der Waals surface area (Å²) >= 11 is 0. The number of non-ortho nitro benzene ring substituents is 1. The van der Waals surface area contributed by atoms with E-state index in [4.69, 9.17) is 0 Å². The van der Waals surface area contributed by atoms with Gasteiger partial charge in [-0.1, -0.05) is 6.07 Å². The Morgan fingerprint density at radius 3 is 2.41 bits per heavy atom. The Morgan fingerprint density at radius 2 is 1.81 bits per heavy atom. The van der Waals surface area contributed by atoms with Gasteiger partial charge in [-0.2, -0.15) is 0 Å². The van der Waals surface area contributed by atoms with Crippen molar-refractivity contribution in [3.63, 3.8) is 0 Å². The summed E-state index contributed by atoms with van der Waals surface area (Å²) in [5, 5.41) is 13.3. The zero-order valence-electron chi connectivity index (χ0n) is 15.0. The highest BCUT2D eigenvalue weighted by molar-refractivity contribution is 5.92. The summed E-state index contributed by atoms with van der Waals surface area (Å²) in [6, 6.07) is 11.2. The molecule has 1 saturated heterocycles. The maximum absolute atomic E-state index is 13.8. The molecule has 0 bridgehead atoms. The summed E-state index contributed by atoms with van der Waals surface area (Å²) in [5.41, 5.74) is 1.98. The molecule has 142 valence electrons. The van der Waals surface area contributed by atoms with Gasteiger partial charge in [-0.05, 0) is 36.8 Å². The number of nitro benzene ring substituents is 1. The number of rotatable bonds is 5. The van der Waals surface area contributed by atoms with Gasteiger partial charge in [-0.3, -0.25) is 19.8 Å². The molecular formula is C19H21FN4O3. The lowest BCUT2D eigenvalue weighted by Crippen LogP contribution is -2.48. The van der Waals surface area contributed by atoms with Crippen LogP contribution in [-0.2, 0) is 4.79 Å². The normalized spacial score (nSPS) is 14.8. The van der Waals surface area contributed by atoms with Gasteiger partial charge in [-0.15, -0.1) is 0 Å². The second-order valence-corrected chi connectivity index (χ2v) is 6.57. The van der Waals surface area contributed by atoms with Gasteiger partial charge in [0.05, 0.1) is 17.2 Å². The highest BCUT2D eigenvalue weighted by atomic mass is 19.1. The molecule has 27 heavy (non-hydrogen) atoms. The smallest absolute Gasteiger partial charge is 0.269 e. The molecule has 3 rings (SSSR count). The van der Waals surface area contributed by atoms with Crippen LogP contribution < -0.4 is 10.2 Å². The summed E-state index contributed by atoms with van der Waals surface area (Å²) in [7, 11) is 0. The highest BCUT2D eigenvalue weighted by Gasteiger charge is 2.20. The molecular weight excluding hydrogens is 351 g/mol. The van der Waals surface area contributed by atoms with E-state index < -0.39 is 10.7 Å². The third kappa shape index (κ3) is 4.79. The quantitative estimate of drug-likeness (QED) is 0.645. The van der Waals surface area contributed by atoms with Gasteiger partial charge in [0.15, 0.2) is 0 Å². The van der Waals surface area contributed by atoms with Gasteiger partial charge in [0, 0.05) is 44.0 Å². The Bertz CT molecular complexity index is 833. The zero-order chi connectivity index (χ0) is 19.4. The first-order valence-corrected chi connectivity index (χ1v) is 8.70. The van der Waals surface area contributed by atoms with Crippen LogP contribution in [0.3, 0.4) is 0 Å². The number of nitro groups is 1. The molecule has 1 fully saturated rings. The minimum Gasteiger partial charge on any atom is -0.369 e. The number of anilines is 2. The number of hydrogen-bond donors (Lipinski definition) is 1. The lowest BCUT2D eigenvalue weighted by molar-refractivity contribution is -0.384. The van der Waals surface area contributed by atoms with Crippen LogP contribution in [-0.4, -0.2) is 48.5 Å². The average Bonchev–Trinajstić information content (AvgIpc) is 2.65. The molecule has 0 radical (unpaired) electrons. The van der Waals surface area contributed by atoms with Crippen molar-refractivity contribution in [1.82, 2.24) is 4.90 Å². The van der Waals surface area contributed by atoms with Crippen LogP contribution in [0.25, 0.3) is 0 Å². The van der Waals surface area contributed by atoms with Crippen LogP contribution in [0.4, 0.5) is 21.5 Å². The number of carbonyl (C=O) groups excluding carboxylic acids is 1. The van der Waals surface area contributed by atoms with Crippen molar-refractivity contribution in [1.29, 1.82) is 0 Å². The van der Waals surface area contributed by atoms with E-state index in [0.29, 0.717) is 26.2 Å². The van der Waals surface area contributed by atoms with Crippen LogP contribution in [0.2, 0.25) is 0 Å². The predicted octanol–water partition coefficient (Wildman–Crippen LogP) is 2.80. The van der Waals surface area contributed by atoms with Gasteiger partial charge in [0.2, 0.25) is 5.91 Å². The lowest BCUT2D eigenvalue weighted by Gasteiger charge is -2.35. The Morgan fingerprint density at radius 1 is 1.15 bits per heavy atom. The molecule has 2 aromatic carbocycles. The SMILES string of the molecule is Cc1ccc(NC(=O)CN2CCN(c3ccc([N+](=O)[O-])cc3)CC2)c(F)c1. The van der Waals surface area contributed by atoms with E-state index >= 15 is 0 Å². The van der Waals surface area contributed by atoms with Crippen LogP contribution >= 0.6 is 0 Å². The standard InChI is InChI=1S/C19H21FN4O3/c1-14-2-7-18(17(20)12-14)21-19(25)13-22-8-10-23(11-9-22)15-3-5-16(6-4-15)24(26)27/h2-7,12H,8-11,13H2,1H3,(H,21,25). The number of halogens is 1. The zero-order valence-corrected chi connectivity index (χ0v) is 15.0. The van der Waals surface area contributed by atoms with Crippen molar-refractivity contribution in [3.8, 4) is 0 Å². The van der Waals surface area contributed by atoms with Gasteiger partial charge in [-0.25, -0.2) is 4.39 Å². The minimum absolute atomic E-state index is 0.0670. The van der Waals surface area contributed by atoms with Crippen molar-refractivity contribution >= 4 is 23.0 Å². The highest BCUT2D eigenvalue weighted by Crippen LogP contribution is 2.21. The van der Waals surface area contributed by atoms with Crippen molar-refractivity contribution in [2.45, 2.75) is 6.92 Å². The average molecular weight is 372 g/mol. The van der Waals surface area contributed by atoms with Crippen molar-refractivity contribution in [3.05, 3.63) is 64.0 Å². The number of piperazine rings is 1. The molecule has 1 aliphatic heterocycles. The van der Waals surface area contributed by atoms with Crippen LogP contribution in [0.5, 0.6) is 0 Å². The minimum atomic E-state index is -0.439. The van der Waals surface area contributed by atoms with Gasteiger partial charge < -0.3 is 10.2 Å². The van der Waals surface area contributed by atoms with Crippen molar-refractivity contribution < 1.29 is 14.1 Å². The van der Waals surface area contributed by atoms with Gasteiger partial charge >= 0.3 is 0 Å². The lowest BCUT2D eigenvalue weighted by atomic mass is 10.2. The summed E-state index contributed by atoms with van der Waals surface area (Å²) in [5.74, 6) is -0.687. The fraction of sp³-hybridized carbons (Fsp3) is 0.316. The topological polar surface area (TPSA) is 78.7 Å². The van der Waals surface area contributed by atoms with E-state index in [2.05, 4.69) is 10.2 Å². The third-order valence-electron chi connectivity index (χ3n) is 4.56. The maximum Gasteiger partial charge on any atom is 0.269 e. The number of carbonyl (C=O) groups is 1. The molecule has 1 amide bonds. The summed E-state index contributed by atoms with van der Waals surface area (Å²) in [4.78, 5) is 26.6. The molecule has 1 heterocycles. The molecule has 7 nitrogen and oxygen atoms in total. The first kappa shape index (κ1) is 18.8. The van der Waals surface area contributed by atoms with Crippen molar-refractivity contribution in [2.75, 3.05) is 42.9 Å². The Kier molecular flexibility index (Phi) is 5.66. The molecule has 1 aliphatic rings. The molecule has 0 aromatic heterocycles. The number of aryl methyl sites for hydroxylation is 1. The Labute approximate surface area is 156 Å². The van der Waals surface area contributed by atoms with Crippen LogP contribution in [0.1, 0.15) is 5.56 Å². The summed E-state index contributed by atoms with van der Waals surface area (Å²) in [6.45, 7) is 4.77. The maximum atomic E-state index is 13.8. The number of nitrogens with zero attached hydrogens (tertiary/aromatic N) is 3. The van der Waals surface area contributed by atoms with Crippen molar-refractivity contribution in [2.24, 2.45) is 0 Å². The van der Waals surface area contributed by atoms with E-state index in [-0.39, 0.29) is 23.8 Å². The third-order valence-corrected chi connectivity index (χ3v) is 4.56.